The average molecular weight is 799 g/mol. The number of aromatic nitrogens is 4. The Kier molecular flexibility index (Phi) is 11.8. The topological polar surface area (TPSA) is 115 Å². The van der Waals surface area contributed by atoms with Gasteiger partial charge in [-0.2, -0.15) is 22.6 Å². The van der Waals surface area contributed by atoms with Crippen LogP contribution in [-0.4, -0.2) is 98.7 Å². The molecule has 1 aliphatic carbocycles. The number of ether oxygens (including phenoxy) is 3. The number of hydrogen-bond acceptors (Lipinski definition) is 10. The maximum absolute atomic E-state index is 13.1. The normalized spacial score (nSPS) is 16.3. The van der Waals surface area contributed by atoms with Gasteiger partial charge < -0.3 is 24.2 Å². The van der Waals surface area contributed by atoms with Crippen molar-refractivity contribution in [2.45, 2.75) is 64.0 Å². The molecule has 4 heterocycles. The number of likely N-dealkylation sites (N-methyl/N-ethyl adjacent to an activating group) is 1. The quantitative estimate of drug-likeness (QED) is 0.113. The molecule has 11 nitrogen and oxygen atoms in total. The second-order valence-corrected chi connectivity index (χ2v) is 15.2. The van der Waals surface area contributed by atoms with Gasteiger partial charge in [0, 0.05) is 63.0 Å². The summed E-state index contributed by atoms with van der Waals surface area (Å²) in [6, 6.07) is 12.1. The number of piperazine rings is 1. The number of benzene rings is 2. The molecule has 0 spiro atoms. The van der Waals surface area contributed by atoms with E-state index in [1.807, 2.05) is 19.1 Å². The number of alkyl halides is 3. The molecule has 1 aliphatic heterocycles. The Labute approximate surface area is 325 Å². The van der Waals surface area contributed by atoms with Crippen LogP contribution in [0.3, 0.4) is 0 Å². The van der Waals surface area contributed by atoms with Gasteiger partial charge in [-0.05, 0) is 73.2 Å². The lowest BCUT2D eigenvalue weighted by Gasteiger charge is -2.32. The van der Waals surface area contributed by atoms with Gasteiger partial charge in [0.05, 0.1) is 26.5 Å². The predicted molar refractivity (Wildman–Crippen MR) is 203 cm³/mol. The number of fused-ring (bicyclic) bond motifs is 1. The summed E-state index contributed by atoms with van der Waals surface area (Å²) in [6.45, 7) is 5.85. The fraction of sp³-hybridized carbons (Fsp3) is 0.436. The second kappa shape index (κ2) is 16.7. The first kappa shape index (κ1) is 38.8. The van der Waals surface area contributed by atoms with E-state index in [0.717, 1.165) is 83.8 Å². The molecule has 7 rings (SSSR count). The van der Waals surface area contributed by atoms with Crippen molar-refractivity contribution >= 4 is 39.2 Å². The molecule has 5 aromatic rings. The van der Waals surface area contributed by atoms with Crippen LogP contribution in [0.25, 0.3) is 21.2 Å². The number of carbonyl (C=O) groups is 1. The van der Waals surface area contributed by atoms with E-state index >= 15 is 0 Å². The summed E-state index contributed by atoms with van der Waals surface area (Å²) in [4.78, 5) is 22.4. The van der Waals surface area contributed by atoms with Crippen molar-refractivity contribution in [1.29, 1.82) is 0 Å². The van der Waals surface area contributed by atoms with Crippen molar-refractivity contribution in [1.82, 2.24) is 28.9 Å². The van der Waals surface area contributed by atoms with Gasteiger partial charge in [-0.3, -0.25) is 14.6 Å². The number of halogens is 4. The van der Waals surface area contributed by atoms with E-state index in [9.17, 15) is 23.1 Å². The van der Waals surface area contributed by atoms with Crippen molar-refractivity contribution < 1.29 is 37.3 Å². The Morgan fingerprint density at radius 2 is 1.85 bits per heavy atom. The van der Waals surface area contributed by atoms with Gasteiger partial charge >= 0.3 is 12.1 Å². The molecular formula is C39H42ClF3N6O5S. The van der Waals surface area contributed by atoms with Gasteiger partial charge in [-0.1, -0.05) is 42.3 Å². The highest BCUT2D eigenvalue weighted by Crippen LogP contribution is 2.48. The summed E-state index contributed by atoms with van der Waals surface area (Å²) in [7, 11) is 2.13. The summed E-state index contributed by atoms with van der Waals surface area (Å²) in [5.41, 5.74) is 4.08. The van der Waals surface area contributed by atoms with E-state index in [1.54, 1.807) is 30.5 Å². The van der Waals surface area contributed by atoms with Crippen LogP contribution in [0.1, 0.15) is 47.7 Å². The zero-order chi connectivity index (χ0) is 38.7. The van der Waals surface area contributed by atoms with Crippen molar-refractivity contribution in [3.05, 3.63) is 82.4 Å². The largest absolute Gasteiger partial charge is 0.491 e. The summed E-state index contributed by atoms with van der Waals surface area (Å²) in [6.07, 6.45) is 0.154. The van der Waals surface area contributed by atoms with Crippen LogP contribution < -0.4 is 14.2 Å². The van der Waals surface area contributed by atoms with Crippen LogP contribution in [0, 0.1) is 6.92 Å². The molecule has 0 amide bonds. The third kappa shape index (κ3) is 9.01. The van der Waals surface area contributed by atoms with Crippen LogP contribution in [-0.2, 0) is 24.4 Å². The van der Waals surface area contributed by atoms with Crippen molar-refractivity contribution in [3.63, 3.8) is 0 Å². The molecule has 2 aromatic carbocycles. The SMILES string of the molecule is Cc1c(-c2c(C3CCC3)ncc3snc(O[C@H](Cc4ccccc4OCc4ccnn4CC(F)(F)F)C(=O)O)c23)ccc(OCCN2CCN(C)CC2)c1Cl. The number of para-hydroxylation sites is 1. The molecule has 0 bridgehead atoms. The van der Waals surface area contributed by atoms with E-state index in [2.05, 4.69) is 26.3 Å². The van der Waals surface area contributed by atoms with Gasteiger partial charge in [0.15, 0.2) is 0 Å². The van der Waals surface area contributed by atoms with Crippen LogP contribution >= 0.6 is 23.1 Å². The third-order valence-electron chi connectivity index (χ3n) is 10.3. The second-order valence-electron chi connectivity index (χ2n) is 14.1. The molecule has 16 heteroatoms. The number of aliphatic carboxylic acids is 1. The molecule has 1 saturated heterocycles. The Hall–Kier alpha value is -4.44. The molecule has 1 atom stereocenters. The molecule has 292 valence electrons. The molecule has 2 fully saturated rings. The number of rotatable bonds is 15. The van der Waals surface area contributed by atoms with E-state index in [-0.39, 0.29) is 30.5 Å². The molecular weight excluding hydrogens is 757 g/mol. The van der Waals surface area contributed by atoms with Gasteiger partial charge in [-0.15, -0.1) is 0 Å². The van der Waals surface area contributed by atoms with Gasteiger partial charge in [0.25, 0.3) is 0 Å². The van der Waals surface area contributed by atoms with Crippen molar-refractivity contribution in [2.75, 3.05) is 46.4 Å². The van der Waals surface area contributed by atoms with Gasteiger partial charge in [0.1, 0.15) is 31.3 Å². The highest BCUT2D eigenvalue weighted by molar-refractivity contribution is 7.13. The third-order valence-corrected chi connectivity index (χ3v) is 11.5. The minimum Gasteiger partial charge on any atom is -0.491 e. The van der Waals surface area contributed by atoms with E-state index < -0.39 is 24.8 Å². The fourth-order valence-electron chi connectivity index (χ4n) is 6.94. The first-order valence-electron chi connectivity index (χ1n) is 18.2. The number of nitrogens with zero attached hydrogens (tertiary/aromatic N) is 6. The minimum atomic E-state index is -4.45. The standard InChI is InChI=1S/C39H42ClF3N6O5S/c1-24-28(10-11-30(35(24)40)52-19-18-48-16-14-47(2)15-17-48)33-34-32(21-44-36(33)25-7-5-8-25)55-46-37(34)54-31(38(50)51)20-26-6-3-4-9-29(26)53-22-27-12-13-45-49(27)23-39(41,42)43/h3-4,6,9-13,21,25,31H,5,7-8,14-20,22-23H2,1-2H3,(H,50,51)/t31-/m1/s1. The Morgan fingerprint density at radius 1 is 1.07 bits per heavy atom. The number of hydrogen-bond donors (Lipinski definition) is 1. The highest BCUT2D eigenvalue weighted by Gasteiger charge is 2.32. The van der Waals surface area contributed by atoms with Crippen molar-refractivity contribution in [3.8, 4) is 28.5 Å². The van der Waals surface area contributed by atoms with Gasteiger partial charge in [-0.25, -0.2) is 4.79 Å². The van der Waals surface area contributed by atoms with Crippen LogP contribution in [0.2, 0.25) is 5.02 Å². The zero-order valence-corrected chi connectivity index (χ0v) is 32.1. The molecule has 3 aromatic heterocycles. The van der Waals surface area contributed by atoms with E-state index in [0.29, 0.717) is 34.1 Å². The number of pyridine rings is 1. The van der Waals surface area contributed by atoms with Crippen LogP contribution in [0.4, 0.5) is 13.2 Å². The minimum absolute atomic E-state index is 0.104. The smallest absolute Gasteiger partial charge is 0.408 e. The summed E-state index contributed by atoms with van der Waals surface area (Å²) < 4.78 is 63.8. The van der Waals surface area contributed by atoms with Gasteiger partial charge in [0.2, 0.25) is 12.0 Å². The molecule has 0 unspecified atom stereocenters. The monoisotopic (exact) mass is 798 g/mol. The number of carboxylic acid groups (broad SMARTS) is 1. The van der Waals surface area contributed by atoms with Crippen molar-refractivity contribution in [2.24, 2.45) is 0 Å². The molecule has 0 radical (unpaired) electrons. The summed E-state index contributed by atoms with van der Waals surface area (Å²) >= 11 is 8.18. The maximum atomic E-state index is 13.1. The lowest BCUT2D eigenvalue weighted by atomic mass is 9.79. The number of carboxylic acids is 1. The Balaban J connectivity index is 1.15. The lowest BCUT2D eigenvalue weighted by molar-refractivity contribution is -0.145. The fourth-order valence-corrected chi connectivity index (χ4v) is 7.86. The predicted octanol–water partition coefficient (Wildman–Crippen LogP) is 7.63. The highest BCUT2D eigenvalue weighted by atomic mass is 35.5. The van der Waals surface area contributed by atoms with E-state index in [1.165, 1.54) is 23.8 Å². The molecule has 1 saturated carbocycles. The molecule has 55 heavy (non-hydrogen) atoms. The Morgan fingerprint density at radius 3 is 2.58 bits per heavy atom. The maximum Gasteiger partial charge on any atom is 0.408 e. The van der Waals surface area contributed by atoms with Crippen LogP contribution in [0.5, 0.6) is 17.4 Å². The first-order chi connectivity index (χ1) is 26.4. The summed E-state index contributed by atoms with van der Waals surface area (Å²) in [5.74, 6) is 0.0817. The lowest BCUT2D eigenvalue weighted by Crippen LogP contribution is -2.45. The average Bonchev–Trinajstić information content (AvgIpc) is 3.75. The molecule has 1 N–H and O–H groups in total. The summed E-state index contributed by atoms with van der Waals surface area (Å²) in [5, 5.41) is 15.3. The zero-order valence-electron chi connectivity index (χ0n) is 30.5. The Bertz CT molecular complexity index is 2130. The van der Waals surface area contributed by atoms with Crippen LogP contribution in [0.15, 0.2) is 54.9 Å². The van der Waals surface area contributed by atoms with E-state index in [4.69, 9.17) is 30.8 Å². The first-order valence-corrected chi connectivity index (χ1v) is 19.4. The molecule has 2 aliphatic rings.